The van der Waals surface area contributed by atoms with Crippen LogP contribution in [-0.4, -0.2) is 20.4 Å². The molecule has 9 heteroatoms. The molecule has 0 bridgehead atoms. The molecule has 34 heavy (non-hydrogen) atoms. The van der Waals surface area contributed by atoms with Gasteiger partial charge in [-0.1, -0.05) is 60.2 Å². The number of hydrogen-bond acceptors (Lipinski definition) is 3. The SMILES string of the molecule is Cc1cc(C)c(S(=O)(=O)N[C@@H](Cc2ccccc2)C(=O)Nc2ccccc2C(F)(F)F)c(C)c1. The number of carbonyl (C=O) groups is 1. The topological polar surface area (TPSA) is 75.3 Å². The fourth-order valence-corrected chi connectivity index (χ4v) is 5.58. The molecule has 3 aromatic rings. The van der Waals surface area contributed by atoms with Gasteiger partial charge in [0.25, 0.3) is 0 Å². The van der Waals surface area contributed by atoms with Crippen molar-refractivity contribution in [2.45, 2.75) is 44.3 Å². The van der Waals surface area contributed by atoms with Crippen LogP contribution in [0, 0.1) is 20.8 Å². The first-order valence-corrected chi connectivity index (χ1v) is 12.0. The lowest BCUT2D eigenvalue weighted by Gasteiger charge is -2.22. The van der Waals surface area contributed by atoms with Crippen molar-refractivity contribution < 1.29 is 26.4 Å². The van der Waals surface area contributed by atoms with Gasteiger partial charge >= 0.3 is 6.18 Å². The van der Waals surface area contributed by atoms with Crippen LogP contribution < -0.4 is 10.0 Å². The summed E-state index contributed by atoms with van der Waals surface area (Å²) < 4.78 is 69.2. The van der Waals surface area contributed by atoms with Gasteiger partial charge in [0, 0.05) is 0 Å². The maximum Gasteiger partial charge on any atom is 0.418 e. The van der Waals surface area contributed by atoms with E-state index in [4.69, 9.17) is 0 Å². The molecule has 0 spiro atoms. The third-order valence-electron chi connectivity index (χ3n) is 5.26. The van der Waals surface area contributed by atoms with E-state index in [0.29, 0.717) is 16.7 Å². The Bertz CT molecular complexity index is 1270. The van der Waals surface area contributed by atoms with Gasteiger partial charge in [-0.25, -0.2) is 8.42 Å². The van der Waals surface area contributed by atoms with Crippen molar-refractivity contribution in [3.05, 3.63) is 94.5 Å². The number of rotatable bonds is 7. The molecule has 0 radical (unpaired) electrons. The lowest BCUT2D eigenvalue weighted by Crippen LogP contribution is -2.45. The quantitative estimate of drug-likeness (QED) is 0.481. The van der Waals surface area contributed by atoms with E-state index in [-0.39, 0.29) is 11.3 Å². The molecule has 0 heterocycles. The van der Waals surface area contributed by atoms with Gasteiger partial charge in [0.2, 0.25) is 15.9 Å². The number of hydrogen-bond donors (Lipinski definition) is 2. The Morgan fingerprint density at radius 2 is 1.47 bits per heavy atom. The van der Waals surface area contributed by atoms with E-state index in [0.717, 1.165) is 17.7 Å². The second kappa shape index (κ2) is 9.99. The number of para-hydroxylation sites is 1. The predicted octanol–water partition coefficient (Wildman–Crippen LogP) is 5.16. The van der Waals surface area contributed by atoms with E-state index in [1.807, 2.05) is 6.92 Å². The minimum atomic E-state index is -4.69. The predicted molar refractivity (Wildman–Crippen MR) is 125 cm³/mol. The molecule has 180 valence electrons. The van der Waals surface area contributed by atoms with Crippen molar-refractivity contribution in [2.24, 2.45) is 0 Å². The fraction of sp³-hybridized carbons (Fsp3) is 0.240. The zero-order valence-corrected chi connectivity index (χ0v) is 19.7. The van der Waals surface area contributed by atoms with Crippen LogP contribution >= 0.6 is 0 Å². The number of aryl methyl sites for hydroxylation is 3. The Morgan fingerprint density at radius 3 is 2.06 bits per heavy atom. The van der Waals surface area contributed by atoms with Crippen molar-refractivity contribution in [3.63, 3.8) is 0 Å². The summed E-state index contributed by atoms with van der Waals surface area (Å²) >= 11 is 0. The van der Waals surface area contributed by atoms with Gasteiger partial charge in [-0.3, -0.25) is 4.79 Å². The van der Waals surface area contributed by atoms with Gasteiger partial charge in [0.15, 0.2) is 0 Å². The van der Waals surface area contributed by atoms with Crippen molar-refractivity contribution >= 4 is 21.6 Å². The summed E-state index contributed by atoms with van der Waals surface area (Å²) in [6.45, 7) is 5.15. The highest BCUT2D eigenvalue weighted by molar-refractivity contribution is 7.89. The Labute approximate surface area is 197 Å². The van der Waals surface area contributed by atoms with Crippen molar-refractivity contribution in [3.8, 4) is 0 Å². The maximum absolute atomic E-state index is 13.4. The van der Waals surface area contributed by atoms with E-state index < -0.39 is 39.4 Å². The van der Waals surface area contributed by atoms with E-state index in [1.165, 1.54) is 12.1 Å². The molecular formula is C25H25F3N2O3S. The van der Waals surface area contributed by atoms with E-state index >= 15 is 0 Å². The zero-order valence-electron chi connectivity index (χ0n) is 18.9. The van der Waals surface area contributed by atoms with Crippen molar-refractivity contribution in [1.29, 1.82) is 0 Å². The molecule has 0 aliphatic carbocycles. The normalized spacial score (nSPS) is 12.9. The Hall–Kier alpha value is -3.17. The summed E-state index contributed by atoms with van der Waals surface area (Å²) in [4.78, 5) is 13.2. The van der Waals surface area contributed by atoms with Crippen LogP contribution in [0.2, 0.25) is 0 Å². The van der Waals surface area contributed by atoms with Gasteiger partial charge in [-0.2, -0.15) is 17.9 Å². The molecule has 1 amide bonds. The molecule has 0 aliphatic rings. The molecule has 0 saturated carbocycles. The number of anilines is 1. The number of alkyl halides is 3. The highest BCUT2D eigenvalue weighted by atomic mass is 32.2. The minimum Gasteiger partial charge on any atom is -0.324 e. The third-order valence-corrected chi connectivity index (χ3v) is 7.04. The van der Waals surface area contributed by atoms with Crippen LogP contribution in [0.3, 0.4) is 0 Å². The Morgan fingerprint density at radius 1 is 0.912 bits per heavy atom. The summed E-state index contributed by atoms with van der Waals surface area (Å²) in [6, 6.07) is 15.3. The zero-order chi connectivity index (χ0) is 25.1. The first-order chi connectivity index (χ1) is 15.9. The molecule has 3 aromatic carbocycles. The number of nitrogens with one attached hydrogen (secondary N) is 2. The Balaban J connectivity index is 1.98. The number of carbonyl (C=O) groups excluding carboxylic acids is 1. The van der Waals surface area contributed by atoms with Crippen LogP contribution in [0.15, 0.2) is 71.6 Å². The average molecular weight is 491 g/mol. The first kappa shape index (κ1) is 25.5. The van der Waals surface area contributed by atoms with Gasteiger partial charge in [0.05, 0.1) is 16.1 Å². The monoisotopic (exact) mass is 490 g/mol. The standard InChI is InChI=1S/C25H25F3N2O3S/c1-16-13-17(2)23(18(3)14-16)34(32,33)30-22(15-19-9-5-4-6-10-19)24(31)29-21-12-8-7-11-20(21)25(26,27)28/h4-14,22,30H,15H2,1-3H3,(H,29,31)/t22-/m0/s1. The van der Waals surface area contributed by atoms with Crippen LogP contribution in [0.1, 0.15) is 27.8 Å². The minimum absolute atomic E-state index is 0.0413. The second-order valence-corrected chi connectivity index (χ2v) is 9.77. The molecule has 0 unspecified atom stereocenters. The number of amides is 1. The number of sulfonamides is 1. The van der Waals surface area contributed by atoms with Gasteiger partial charge < -0.3 is 5.32 Å². The molecule has 0 fully saturated rings. The molecule has 1 atom stereocenters. The number of benzene rings is 3. The van der Waals surface area contributed by atoms with E-state index in [9.17, 15) is 26.4 Å². The molecule has 2 N–H and O–H groups in total. The number of halogens is 3. The van der Waals surface area contributed by atoms with Gasteiger partial charge in [-0.15, -0.1) is 0 Å². The molecule has 3 rings (SSSR count). The molecule has 0 aromatic heterocycles. The summed E-state index contributed by atoms with van der Waals surface area (Å²) in [5.74, 6) is -0.897. The second-order valence-electron chi connectivity index (χ2n) is 8.12. The molecule has 0 saturated heterocycles. The first-order valence-electron chi connectivity index (χ1n) is 10.5. The lowest BCUT2D eigenvalue weighted by molar-refractivity contribution is -0.137. The highest BCUT2D eigenvalue weighted by Gasteiger charge is 2.35. The lowest BCUT2D eigenvalue weighted by atomic mass is 10.1. The summed E-state index contributed by atoms with van der Waals surface area (Å²) in [7, 11) is -4.17. The van der Waals surface area contributed by atoms with Gasteiger partial charge in [0.1, 0.15) is 6.04 Å². The van der Waals surface area contributed by atoms with E-state index in [2.05, 4.69) is 10.0 Å². The molecule has 0 aliphatic heterocycles. The van der Waals surface area contributed by atoms with Crippen molar-refractivity contribution in [1.82, 2.24) is 4.72 Å². The average Bonchev–Trinajstić information content (AvgIpc) is 2.72. The molecule has 5 nitrogen and oxygen atoms in total. The highest BCUT2D eigenvalue weighted by Crippen LogP contribution is 2.34. The Kier molecular flexibility index (Phi) is 7.48. The third kappa shape index (κ3) is 6.03. The summed E-state index contributed by atoms with van der Waals surface area (Å²) in [5, 5.41) is 2.26. The van der Waals surface area contributed by atoms with Crippen LogP contribution in [-0.2, 0) is 27.4 Å². The maximum atomic E-state index is 13.4. The summed E-state index contributed by atoms with van der Waals surface area (Å²) in [6.07, 6.45) is -4.74. The largest absolute Gasteiger partial charge is 0.418 e. The summed E-state index contributed by atoms with van der Waals surface area (Å²) in [5.41, 5.74) is 1.08. The van der Waals surface area contributed by atoms with E-state index in [1.54, 1.807) is 56.3 Å². The van der Waals surface area contributed by atoms with Crippen LogP contribution in [0.4, 0.5) is 18.9 Å². The van der Waals surface area contributed by atoms with Crippen LogP contribution in [0.25, 0.3) is 0 Å². The van der Waals surface area contributed by atoms with Gasteiger partial charge in [-0.05, 0) is 56.0 Å². The van der Waals surface area contributed by atoms with Crippen LogP contribution in [0.5, 0.6) is 0 Å². The smallest absolute Gasteiger partial charge is 0.324 e. The fourth-order valence-electron chi connectivity index (χ4n) is 3.93. The molecular weight excluding hydrogens is 465 g/mol. The van der Waals surface area contributed by atoms with Crippen molar-refractivity contribution in [2.75, 3.05) is 5.32 Å².